The number of benzene rings is 3. The second-order valence-electron chi connectivity index (χ2n) is 6.19. The van der Waals surface area contributed by atoms with Crippen molar-refractivity contribution in [1.29, 1.82) is 0 Å². The summed E-state index contributed by atoms with van der Waals surface area (Å²) in [4.78, 5) is 12.5. The summed E-state index contributed by atoms with van der Waals surface area (Å²) >= 11 is 9.32. The summed E-state index contributed by atoms with van der Waals surface area (Å²) < 4.78 is 6.34. The highest BCUT2D eigenvalue weighted by Crippen LogP contribution is 2.28. The molecule has 0 aliphatic carbocycles. The molecule has 0 fully saturated rings. The molecule has 0 aromatic heterocycles. The number of amides is 1. The summed E-state index contributed by atoms with van der Waals surface area (Å²) in [7, 11) is 0. The van der Waals surface area contributed by atoms with E-state index in [1.54, 1.807) is 18.2 Å². The van der Waals surface area contributed by atoms with Crippen molar-refractivity contribution in [3.63, 3.8) is 0 Å². The molecule has 0 heterocycles. The first kappa shape index (κ1) is 19.5. The van der Waals surface area contributed by atoms with Crippen LogP contribution in [-0.4, -0.2) is 12.5 Å². The maximum absolute atomic E-state index is 12.5. The van der Waals surface area contributed by atoms with Crippen molar-refractivity contribution in [2.45, 2.75) is 13.0 Å². The van der Waals surface area contributed by atoms with Gasteiger partial charge in [-0.2, -0.15) is 0 Å². The van der Waals surface area contributed by atoms with E-state index in [0.29, 0.717) is 15.2 Å². The number of aryl methyl sites for hydroxylation is 1. The molecule has 0 saturated carbocycles. The fourth-order valence-electron chi connectivity index (χ4n) is 2.70. The molecule has 3 aromatic carbocycles. The zero-order valence-electron chi connectivity index (χ0n) is 14.8. The topological polar surface area (TPSA) is 38.3 Å². The predicted octanol–water partition coefficient (Wildman–Crippen LogP) is 5.70. The molecule has 138 valence electrons. The highest BCUT2D eigenvalue weighted by molar-refractivity contribution is 9.10. The molecule has 1 amide bonds. The first-order valence-corrected chi connectivity index (χ1v) is 9.69. The molecule has 0 aliphatic rings. The number of carbonyl (C=O) groups is 1. The van der Waals surface area contributed by atoms with Crippen LogP contribution < -0.4 is 10.1 Å². The van der Waals surface area contributed by atoms with Crippen molar-refractivity contribution >= 4 is 33.4 Å². The largest absolute Gasteiger partial charge is 0.483 e. The average molecular weight is 445 g/mol. The molecule has 0 spiro atoms. The Morgan fingerprint density at radius 3 is 2.37 bits per heavy atom. The molecule has 5 heteroatoms. The van der Waals surface area contributed by atoms with Gasteiger partial charge in [0.05, 0.1) is 10.5 Å². The summed E-state index contributed by atoms with van der Waals surface area (Å²) in [5.74, 6) is 0.368. The summed E-state index contributed by atoms with van der Waals surface area (Å²) in [5, 5.41) is 3.66. The summed E-state index contributed by atoms with van der Waals surface area (Å²) in [6.45, 7) is 1.95. The molecule has 0 aliphatic heterocycles. The smallest absolute Gasteiger partial charge is 0.258 e. The van der Waals surface area contributed by atoms with Crippen molar-refractivity contribution in [3.05, 3.63) is 99.0 Å². The van der Waals surface area contributed by atoms with E-state index < -0.39 is 0 Å². The van der Waals surface area contributed by atoms with E-state index in [0.717, 1.165) is 11.1 Å². The third kappa shape index (κ3) is 5.34. The van der Waals surface area contributed by atoms with Crippen LogP contribution in [0.5, 0.6) is 5.75 Å². The minimum Gasteiger partial charge on any atom is -0.483 e. The molecule has 0 unspecified atom stereocenters. The molecule has 0 bridgehead atoms. The third-order valence-electron chi connectivity index (χ3n) is 4.10. The highest BCUT2D eigenvalue weighted by Gasteiger charge is 2.17. The van der Waals surface area contributed by atoms with E-state index in [4.69, 9.17) is 16.3 Å². The lowest BCUT2D eigenvalue weighted by Crippen LogP contribution is -2.33. The molecular formula is C22H19BrClNO2. The summed E-state index contributed by atoms with van der Waals surface area (Å²) in [6, 6.07) is 23.0. The Kier molecular flexibility index (Phi) is 6.54. The van der Waals surface area contributed by atoms with Crippen LogP contribution in [0.3, 0.4) is 0 Å². The van der Waals surface area contributed by atoms with Gasteiger partial charge in [-0.25, -0.2) is 0 Å². The van der Waals surface area contributed by atoms with E-state index in [2.05, 4.69) is 21.2 Å². The van der Waals surface area contributed by atoms with Crippen molar-refractivity contribution in [2.75, 3.05) is 6.61 Å². The Labute approximate surface area is 172 Å². The lowest BCUT2D eigenvalue weighted by Gasteiger charge is -2.20. The first-order chi connectivity index (χ1) is 13.0. The molecule has 1 N–H and O–H groups in total. The van der Waals surface area contributed by atoms with Gasteiger partial charge in [0, 0.05) is 5.02 Å². The van der Waals surface area contributed by atoms with Gasteiger partial charge in [0.25, 0.3) is 5.91 Å². The first-order valence-electron chi connectivity index (χ1n) is 8.51. The standard InChI is InChI=1S/C22H19BrClNO2/c1-15-7-9-17(10-8-15)22(16-5-3-2-4-6-16)25-21(26)14-27-20-12-11-18(24)13-19(20)23/h2-13,22H,14H2,1H3,(H,25,26)/t22-/m0/s1. The second-order valence-corrected chi connectivity index (χ2v) is 7.48. The molecule has 3 aromatic rings. The summed E-state index contributed by atoms with van der Waals surface area (Å²) in [5.41, 5.74) is 3.21. The number of nitrogens with one attached hydrogen (secondary N) is 1. The molecule has 27 heavy (non-hydrogen) atoms. The SMILES string of the molecule is Cc1ccc([C@@H](NC(=O)COc2ccc(Cl)cc2Br)c2ccccc2)cc1. The number of halogens is 2. The van der Waals surface area contributed by atoms with Crippen molar-refractivity contribution in [2.24, 2.45) is 0 Å². The lowest BCUT2D eigenvalue weighted by atomic mass is 9.98. The number of ether oxygens (including phenoxy) is 1. The Morgan fingerprint density at radius 1 is 1.04 bits per heavy atom. The predicted molar refractivity (Wildman–Crippen MR) is 112 cm³/mol. The maximum Gasteiger partial charge on any atom is 0.258 e. The lowest BCUT2D eigenvalue weighted by molar-refractivity contribution is -0.123. The molecule has 3 nitrogen and oxygen atoms in total. The van der Waals surface area contributed by atoms with Crippen molar-refractivity contribution < 1.29 is 9.53 Å². The number of hydrogen-bond acceptors (Lipinski definition) is 2. The minimum atomic E-state index is -0.239. The molecule has 0 radical (unpaired) electrons. The van der Waals surface area contributed by atoms with Crippen LogP contribution in [0.2, 0.25) is 5.02 Å². The van der Waals surface area contributed by atoms with Crippen LogP contribution in [0.4, 0.5) is 0 Å². The fraction of sp³-hybridized carbons (Fsp3) is 0.136. The highest BCUT2D eigenvalue weighted by atomic mass is 79.9. The number of hydrogen-bond donors (Lipinski definition) is 1. The third-order valence-corrected chi connectivity index (χ3v) is 4.96. The van der Waals surface area contributed by atoms with E-state index in [1.807, 2.05) is 61.5 Å². The van der Waals surface area contributed by atoms with Gasteiger partial charge in [-0.15, -0.1) is 0 Å². The van der Waals surface area contributed by atoms with E-state index in [9.17, 15) is 4.79 Å². The maximum atomic E-state index is 12.5. The Morgan fingerprint density at radius 2 is 1.70 bits per heavy atom. The van der Waals surface area contributed by atoms with Gasteiger partial charge in [0.15, 0.2) is 6.61 Å². The van der Waals surface area contributed by atoms with Crippen LogP contribution in [-0.2, 0) is 4.79 Å². The van der Waals surface area contributed by atoms with Gasteiger partial charge in [-0.3, -0.25) is 4.79 Å². The minimum absolute atomic E-state index is 0.0879. The monoisotopic (exact) mass is 443 g/mol. The molecular weight excluding hydrogens is 426 g/mol. The van der Waals surface area contributed by atoms with Gasteiger partial charge in [-0.05, 0) is 52.2 Å². The zero-order valence-corrected chi connectivity index (χ0v) is 17.1. The van der Waals surface area contributed by atoms with Gasteiger partial charge in [0.2, 0.25) is 0 Å². The van der Waals surface area contributed by atoms with Gasteiger partial charge in [0.1, 0.15) is 5.75 Å². The van der Waals surface area contributed by atoms with Gasteiger partial charge in [-0.1, -0.05) is 71.8 Å². The summed E-state index contributed by atoms with van der Waals surface area (Å²) in [6.07, 6.45) is 0. The Hall–Kier alpha value is -2.30. The van der Waals surface area contributed by atoms with E-state index >= 15 is 0 Å². The van der Waals surface area contributed by atoms with Crippen LogP contribution in [0, 0.1) is 6.92 Å². The number of rotatable bonds is 6. The van der Waals surface area contributed by atoms with Crippen LogP contribution in [0.15, 0.2) is 77.3 Å². The fourth-order valence-corrected chi connectivity index (χ4v) is 3.50. The average Bonchev–Trinajstić information content (AvgIpc) is 2.67. The molecule has 1 atom stereocenters. The van der Waals surface area contributed by atoms with Crippen LogP contribution in [0.1, 0.15) is 22.7 Å². The van der Waals surface area contributed by atoms with Crippen molar-refractivity contribution in [3.8, 4) is 5.75 Å². The normalized spacial score (nSPS) is 11.7. The zero-order chi connectivity index (χ0) is 19.2. The van der Waals surface area contributed by atoms with Gasteiger partial charge >= 0.3 is 0 Å². The number of carbonyl (C=O) groups excluding carboxylic acids is 1. The molecule has 3 rings (SSSR count). The molecule has 0 saturated heterocycles. The Bertz CT molecular complexity index is 913. The van der Waals surface area contributed by atoms with Gasteiger partial charge < -0.3 is 10.1 Å². The van der Waals surface area contributed by atoms with Crippen molar-refractivity contribution in [1.82, 2.24) is 5.32 Å². The van der Waals surface area contributed by atoms with Crippen LogP contribution in [0.25, 0.3) is 0 Å². The quantitative estimate of drug-likeness (QED) is 0.530. The van der Waals surface area contributed by atoms with E-state index in [1.165, 1.54) is 5.56 Å². The van der Waals surface area contributed by atoms with Crippen LogP contribution >= 0.6 is 27.5 Å². The second kappa shape index (κ2) is 9.07. The Balaban J connectivity index is 1.73. The van der Waals surface area contributed by atoms with E-state index in [-0.39, 0.29) is 18.6 Å².